The number of carbonyl (C=O) groups is 1. The molecular formula is C10H16N4OS2. The lowest BCUT2D eigenvalue weighted by Gasteiger charge is -2.30. The molecule has 1 aliphatic rings. The van der Waals surface area contributed by atoms with Gasteiger partial charge < -0.3 is 11.1 Å². The first-order chi connectivity index (χ1) is 8.20. The van der Waals surface area contributed by atoms with Crippen LogP contribution in [0.2, 0.25) is 0 Å². The summed E-state index contributed by atoms with van der Waals surface area (Å²) in [6, 6.07) is 0.247. The molecular weight excluding hydrogens is 256 g/mol. The molecule has 2 atom stereocenters. The lowest BCUT2D eigenvalue weighted by Crippen LogP contribution is -2.43. The number of amides is 1. The van der Waals surface area contributed by atoms with Crippen LogP contribution in [0.25, 0.3) is 0 Å². The number of thioether (sulfide) groups is 1. The van der Waals surface area contributed by atoms with Crippen LogP contribution in [-0.2, 0) is 0 Å². The topological polar surface area (TPSA) is 80.9 Å². The SMILES string of the molecule is CSC1CCCCC1NC(=O)c1nnc(N)s1. The Morgan fingerprint density at radius 2 is 2.24 bits per heavy atom. The van der Waals surface area contributed by atoms with E-state index in [9.17, 15) is 4.79 Å². The number of anilines is 1. The van der Waals surface area contributed by atoms with Crippen LogP contribution in [0.1, 0.15) is 35.5 Å². The van der Waals surface area contributed by atoms with Gasteiger partial charge in [-0.25, -0.2) is 0 Å². The predicted octanol–water partition coefficient (Wildman–Crippen LogP) is 1.52. The molecule has 7 heteroatoms. The summed E-state index contributed by atoms with van der Waals surface area (Å²) in [5.74, 6) is -0.148. The second kappa shape index (κ2) is 5.68. The summed E-state index contributed by atoms with van der Waals surface area (Å²) in [5, 5.41) is 11.6. The monoisotopic (exact) mass is 272 g/mol. The first-order valence-corrected chi connectivity index (χ1v) is 7.74. The lowest BCUT2D eigenvalue weighted by atomic mass is 9.95. The van der Waals surface area contributed by atoms with Crippen molar-refractivity contribution >= 4 is 34.1 Å². The summed E-state index contributed by atoms with van der Waals surface area (Å²) in [4.78, 5) is 11.9. The first kappa shape index (κ1) is 12.6. The minimum atomic E-state index is -0.148. The van der Waals surface area contributed by atoms with Crippen LogP contribution < -0.4 is 11.1 Å². The van der Waals surface area contributed by atoms with E-state index in [1.807, 2.05) is 11.8 Å². The second-order valence-electron chi connectivity index (χ2n) is 4.08. The molecule has 3 N–H and O–H groups in total. The van der Waals surface area contributed by atoms with Crippen molar-refractivity contribution in [3.8, 4) is 0 Å². The molecule has 2 rings (SSSR count). The van der Waals surface area contributed by atoms with E-state index in [0.29, 0.717) is 15.4 Å². The Balaban J connectivity index is 1.97. The van der Waals surface area contributed by atoms with Gasteiger partial charge in [-0.05, 0) is 19.1 Å². The molecule has 1 heterocycles. The number of nitrogens with two attached hydrogens (primary N) is 1. The maximum atomic E-state index is 11.9. The zero-order chi connectivity index (χ0) is 12.3. The Kier molecular flexibility index (Phi) is 4.22. The van der Waals surface area contributed by atoms with Crippen molar-refractivity contribution in [2.75, 3.05) is 12.0 Å². The van der Waals surface area contributed by atoms with Crippen molar-refractivity contribution in [1.29, 1.82) is 0 Å². The molecule has 94 valence electrons. The maximum Gasteiger partial charge on any atom is 0.282 e. The summed E-state index contributed by atoms with van der Waals surface area (Å²) < 4.78 is 0. The van der Waals surface area contributed by atoms with Gasteiger partial charge in [0.2, 0.25) is 10.1 Å². The van der Waals surface area contributed by atoms with Crippen molar-refractivity contribution in [3.63, 3.8) is 0 Å². The Labute approximate surface area is 109 Å². The average Bonchev–Trinajstić information content (AvgIpc) is 2.77. The number of nitrogens with zero attached hydrogens (tertiary/aromatic N) is 2. The van der Waals surface area contributed by atoms with Gasteiger partial charge in [0, 0.05) is 11.3 Å². The number of nitrogens with one attached hydrogen (secondary N) is 1. The van der Waals surface area contributed by atoms with Crippen LogP contribution in [0.3, 0.4) is 0 Å². The van der Waals surface area contributed by atoms with E-state index >= 15 is 0 Å². The minimum Gasteiger partial charge on any atom is -0.374 e. The molecule has 0 spiro atoms. The summed E-state index contributed by atoms with van der Waals surface area (Å²) >= 11 is 2.95. The number of nitrogen functional groups attached to an aromatic ring is 1. The number of hydrogen-bond acceptors (Lipinski definition) is 6. The van der Waals surface area contributed by atoms with Gasteiger partial charge in [-0.3, -0.25) is 4.79 Å². The van der Waals surface area contributed by atoms with E-state index in [1.54, 1.807) is 0 Å². The van der Waals surface area contributed by atoms with Crippen molar-refractivity contribution < 1.29 is 4.79 Å². The highest BCUT2D eigenvalue weighted by Gasteiger charge is 2.26. The molecule has 0 radical (unpaired) electrons. The lowest BCUT2D eigenvalue weighted by molar-refractivity contribution is 0.0928. The van der Waals surface area contributed by atoms with Crippen molar-refractivity contribution in [2.24, 2.45) is 0 Å². The number of hydrogen-bond donors (Lipinski definition) is 2. The molecule has 1 aromatic heterocycles. The summed E-state index contributed by atoms with van der Waals surface area (Å²) in [5.41, 5.74) is 5.46. The molecule has 1 fully saturated rings. The van der Waals surface area contributed by atoms with Crippen molar-refractivity contribution in [3.05, 3.63) is 5.01 Å². The van der Waals surface area contributed by atoms with Gasteiger partial charge in [-0.2, -0.15) is 11.8 Å². The maximum absolute atomic E-state index is 11.9. The Morgan fingerprint density at radius 3 is 2.88 bits per heavy atom. The van der Waals surface area contributed by atoms with Crippen LogP contribution in [-0.4, -0.2) is 33.7 Å². The van der Waals surface area contributed by atoms with Gasteiger partial charge in [0.05, 0.1) is 0 Å². The summed E-state index contributed by atoms with van der Waals surface area (Å²) in [6.45, 7) is 0. The van der Waals surface area contributed by atoms with Crippen LogP contribution in [0.4, 0.5) is 5.13 Å². The van der Waals surface area contributed by atoms with Gasteiger partial charge in [0.15, 0.2) is 0 Å². The van der Waals surface area contributed by atoms with Crippen LogP contribution >= 0.6 is 23.1 Å². The van der Waals surface area contributed by atoms with E-state index in [1.165, 1.54) is 19.3 Å². The number of carbonyl (C=O) groups excluding carboxylic acids is 1. The van der Waals surface area contributed by atoms with E-state index in [4.69, 9.17) is 5.73 Å². The van der Waals surface area contributed by atoms with E-state index in [-0.39, 0.29) is 11.9 Å². The fraction of sp³-hybridized carbons (Fsp3) is 0.700. The van der Waals surface area contributed by atoms with E-state index < -0.39 is 0 Å². The van der Waals surface area contributed by atoms with Crippen LogP contribution in [0.5, 0.6) is 0 Å². The van der Waals surface area contributed by atoms with Crippen LogP contribution in [0.15, 0.2) is 0 Å². The second-order valence-corrected chi connectivity index (χ2v) is 6.17. The highest BCUT2D eigenvalue weighted by molar-refractivity contribution is 7.99. The first-order valence-electron chi connectivity index (χ1n) is 5.63. The van der Waals surface area contributed by atoms with Gasteiger partial charge in [0.1, 0.15) is 0 Å². The molecule has 1 aliphatic carbocycles. The average molecular weight is 272 g/mol. The molecule has 17 heavy (non-hydrogen) atoms. The zero-order valence-electron chi connectivity index (χ0n) is 9.68. The van der Waals surface area contributed by atoms with Crippen LogP contribution in [0, 0.1) is 0 Å². The molecule has 2 unspecified atom stereocenters. The smallest absolute Gasteiger partial charge is 0.282 e. The van der Waals surface area contributed by atoms with Crippen molar-refractivity contribution in [2.45, 2.75) is 37.0 Å². The zero-order valence-corrected chi connectivity index (χ0v) is 11.3. The van der Waals surface area contributed by atoms with E-state index in [0.717, 1.165) is 17.8 Å². The molecule has 0 saturated heterocycles. The molecule has 1 aromatic rings. The fourth-order valence-corrected chi connectivity index (χ4v) is 3.55. The molecule has 1 saturated carbocycles. The van der Waals surface area contributed by atoms with Gasteiger partial charge >= 0.3 is 0 Å². The normalized spacial score (nSPS) is 24.5. The minimum absolute atomic E-state index is 0.148. The molecule has 5 nitrogen and oxygen atoms in total. The third-order valence-corrected chi connectivity index (χ3v) is 4.88. The van der Waals surface area contributed by atoms with Crippen molar-refractivity contribution in [1.82, 2.24) is 15.5 Å². The number of aromatic nitrogens is 2. The Bertz CT molecular complexity index is 395. The Hall–Kier alpha value is -0.820. The third kappa shape index (κ3) is 3.10. The predicted molar refractivity (Wildman–Crippen MR) is 71.3 cm³/mol. The van der Waals surface area contributed by atoms with Gasteiger partial charge in [-0.1, -0.05) is 24.2 Å². The molecule has 0 aromatic carbocycles. The van der Waals surface area contributed by atoms with Gasteiger partial charge in [0.25, 0.3) is 5.91 Å². The third-order valence-electron chi connectivity index (χ3n) is 2.96. The van der Waals surface area contributed by atoms with Gasteiger partial charge in [-0.15, -0.1) is 10.2 Å². The summed E-state index contributed by atoms with van der Waals surface area (Å²) in [7, 11) is 0. The highest BCUT2D eigenvalue weighted by atomic mass is 32.2. The standard InChI is InChI=1S/C10H16N4OS2/c1-16-7-5-3-2-4-6(7)12-8(15)9-13-14-10(11)17-9/h6-7H,2-5H2,1H3,(H2,11,14)(H,12,15). The van der Waals surface area contributed by atoms with E-state index in [2.05, 4.69) is 21.8 Å². The number of rotatable bonds is 3. The molecule has 0 bridgehead atoms. The Morgan fingerprint density at radius 1 is 1.47 bits per heavy atom. The largest absolute Gasteiger partial charge is 0.374 e. The summed E-state index contributed by atoms with van der Waals surface area (Å²) in [6.07, 6.45) is 6.75. The molecule has 1 amide bonds. The fourth-order valence-electron chi connectivity index (χ4n) is 2.10. The molecule has 0 aliphatic heterocycles. The quantitative estimate of drug-likeness (QED) is 0.872. The highest BCUT2D eigenvalue weighted by Crippen LogP contribution is 2.27.